The number of carbonyl (C=O) groups is 2. The van der Waals surface area contributed by atoms with Gasteiger partial charge in [0, 0.05) is 23.9 Å². The number of hydrogen-bond acceptors (Lipinski definition) is 4. The first-order chi connectivity index (χ1) is 11.7. The molecule has 2 N–H and O–H groups in total. The molecule has 0 aromatic carbocycles. The summed E-state index contributed by atoms with van der Waals surface area (Å²) >= 11 is 3.21. The van der Waals surface area contributed by atoms with E-state index in [0.29, 0.717) is 4.47 Å². The molecule has 0 aliphatic heterocycles. The van der Waals surface area contributed by atoms with Crippen LogP contribution in [0.25, 0.3) is 0 Å². The number of rotatable bonds is 4. The van der Waals surface area contributed by atoms with Crippen LogP contribution in [0, 0.1) is 0 Å². The molecular weight excluding hydrogens is 409 g/mol. The van der Waals surface area contributed by atoms with Gasteiger partial charge in [0.2, 0.25) is 5.88 Å². The van der Waals surface area contributed by atoms with Crippen LogP contribution >= 0.6 is 15.9 Å². The van der Waals surface area contributed by atoms with Gasteiger partial charge in [-0.2, -0.15) is 13.2 Å². The molecule has 25 heavy (non-hydrogen) atoms. The maximum absolute atomic E-state index is 12.2. The van der Waals surface area contributed by atoms with Gasteiger partial charge in [0.1, 0.15) is 11.3 Å². The molecule has 11 heteroatoms. The van der Waals surface area contributed by atoms with Gasteiger partial charge in [0.25, 0.3) is 11.8 Å². The van der Waals surface area contributed by atoms with Gasteiger partial charge in [-0.05, 0) is 34.1 Å². The van der Waals surface area contributed by atoms with Crippen molar-refractivity contribution in [3.05, 3.63) is 46.3 Å². The number of amides is 2. The van der Waals surface area contributed by atoms with Crippen molar-refractivity contribution in [1.82, 2.24) is 20.4 Å². The Morgan fingerprint density at radius 1 is 1.32 bits per heavy atom. The van der Waals surface area contributed by atoms with E-state index in [2.05, 4.69) is 36.5 Å². The number of hydrogen-bond donors (Lipinski definition) is 2. The van der Waals surface area contributed by atoms with E-state index in [0.717, 1.165) is 0 Å². The smallest absolute Gasteiger partial charge is 0.422 e. The lowest BCUT2D eigenvalue weighted by Crippen LogP contribution is -2.42. The minimum absolute atomic E-state index is 0.250. The lowest BCUT2D eigenvalue weighted by atomic mass is 10.2. The third-order valence-corrected chi connectivity index (χ3v) is 3.32. The Kier molecular flexibility index (Phi) is 5.67. The fourth-order valence-corrected chi connectivity index (χ4v) is 2.35. The first-order valence-corrected chi connectivity index (χ1v) is 7.54. The summed E-state index contributed by atoms with van der Waals surface area (Å²) in [6.07, 6.45) is -1.75. The number of nitrogens with one attached hydrogen (secondary N) is 2. The number of nitrogens with zero attached hydrogens (tertiary/aromatic N) is 2. The molecule has 2 heterocycles. The third kappa shape index (κ3) is 5.21. The second kappa shape index (κ2) is 7.55. The first-order valence-electron chi connectivity index (χ1n) is 6.74. The van der Waals surface area contributed by atoms with Crippen LogP contribution in [0.1, 0.15) is 20.8 Å². The summed E-state index contributed by atoms with van der Waals surface area (Å²) < 4.78 is 43.4. The van der Waals surface area contributed by atoms with E-state index >= 15 is 0 Å². The van der Waals surface area contributed by atoms with Crippen LogP contribution in [-0.2, 0) is 7.05 Å². The van der Waals surface area contributed by atoms with Gasteiger partial charge in [0.15, 0.2) is 6.61 Å². The molecule has 2 rings (SSSR count). The lowest BCUT2D eigenvalue weighted by molar-refractivity contribution is -0.154. The van der Waals surface area contributed by atoms with Gasteiger partial charge >= 0.3 is 6.18 Å². The van der Waals surface area contributed by atoms with Crippen molar-refractivity contribution in [2.45, 2.75) is 6.18 Å². The predicted molar refractivity (Wildman–Crippen MR) is 83.8 cm³/mol. The Morgan fingerprint density at radius 3 is 2.60 bits per heavy atom. The van der Waals surface area contributed by atoms with Crippen molar-refractivity contribution >= 4 is 27.7 Å². The van der Waals surface area contributed by atoms with Crippen molar-refractivity contribution in [3.63, 3.8) is 0 Å². The Hall–Kier alpha value is -2.56. The minimum atomic E-state index is -4.57. The summed E-state index contributed by atoms with van der Waals surface area (Å²) in [5.41, 5.74) is 4.27. The van der Waals surface area contributed by atoms with E-state index in [1.165, 1.54) is 29.0 Å². The molecule has 2 amide bonds. The summed E-state index contributed by atoms with van der Waals surface area (Å²) in [6, 6.07) is 4.11. The average Bonchev–Trinajstić information content (AvgIpc) is 2.88. The number of pyridine rings is 1. The molecule has 0 saturated heterocycles. The fraction of sp³-hybridized carbons (Fsp3) is 0.214. The first kappa shape index (κ1) is 18.8. The van der Waals surface area contributed by atoms with E-state index in [4.69, 9.17) is 0 Å². The summed E-state index contributed by atoms with van der Waals surface area (Å²) in [5, 5.41) is 0. The number of aromatic nitrogens is 2. The number of carbonyl (C=O) groups excluding carboxylic acids is 2. The molecule has 0 aliphatic carbocycles. The molecule has 7 nitrogen and oxygen atoms in total. The molecule has 0 spiro atoms. The highest BCUT2D eigenvalue weighted by Gasteiger charge is 2.29. The Balaban J connectivity index is 2.03. The normalized spacial score (nSPS) is 11.1. The quantitative estimate of drug-likeness (QED) is 0.742. The van der Waals surface area contributed by atoms with Gasteiger partial charge in [-0.25, -0.2) is 4.98 Å². The summed E-state index contributed by atoms with van der Waals surface area (Å²) in [4.78, 5) is 27.7. The maximum atomic E-state index is 12.2. The summed E-state index contributed by atoms with van der Waals surface area (Å²) in [6.45, 7) is -1.59. The van der Waals surface area contributed by atoms with E-state index in [9.17, 15) is 22.8 Å². The van der Waals surface area contributed by atoms with Gasteiger partial charge in [-0.1, -0.05) is 0 Å². The number of alkyl halides is 3. The molecule has 2 aromatic heterocycles. The van der Waals surface area contributed by atoms with Crippen molar-refractivity contribution in [2.75, 3.05) is 6.61 Å². The highest BCUT2D eigenvalue weighted by molar-refractivity contribution is 9.10. The molecule has 0 saturated carbocycles. The van der Waals surface area contributed by atoms with Crippen LogP contribution < -0.4 is 15.6 Å². The molecule has 0 radical (unpaired) electrons. The van der Waals surface area contributed by atoms with Crippen LogP contribution in [0.4, 0.5) is 13.2 Å². The zero-order chi connectivity index (χ0) is 18.6. The van der Waals surface area contributed by atoms with Crippen molar-refractivity contribution < 1.29 is 27.5 Å². The van der Waals surface area contributed by atoms with Gasteiger partial charge in [-0.3, -0.25) is 20.4 Å². The average molecular weight is 421 g/mol. The van der Waals surface area contributed by atoms with Crippen molar-refractivity contribution in [3.8, 4) is 5.88 Å². The van der Waals surface area contributed by atoms with Crippen LogP contribution in [0.5, 0.6) is 5.88 Å². The Labute approximate surface area is 148 Å². The van der Waals surface area contributed by atoms with Crippen LogP contribution in [0.3, 0.4) is 0 Å². The SMILES string of the molecule is Cn1cc(Br)cc1C(=O)NNC(=O)c1cccnc1OCC(F)(F)F. The number of aryl methyl sites for hydroxylation is 1. The number of hydrazine groups is 1. The van der Waals surface area contributed by atoms with Crippen LogP contribution in [0.2, 0.25) is 0 Å². The second-order valence-corrected chi connectivity index (χ2v) is 5.74. The van der Waals surface area contributed by atoms with Gasteiger partial charge in [-0.15, -0.1) is 0 Å². The third-order valence-electron chi connectivity index (χ3n) is 2.88. The molecule has 2 aromatic rings. The van der Waals surface area contributed by atoms with Crippen molar-refractivity contribution in [2.24, 2.45) is 7.05 Å². The lowest BCUT2D eigenvalue weighted by Gasteiger charge is -2.12. The maximum Gasteiger partial charge on any atom is 0.422 e. The summed E-state index contributed by atoms with van der Waals surface area (Å²) in [5.74, 6) is -1.97. The molecule has 0 bridgehead atoms. The minimum Gasteiger partial charge on any atom is -0.467 e. The Bertz CT molecular complexity index is 792. The molecule has 134 valence electrons. The fourth-order valence-electron chi connectivity index (χ4n) is 1.82. The Morgan fingerprint density at radius 2 is 2.00 bits per heavy atom. The standard InChI is InChI=1S/C14H12BrF3N4O3/c1-22-6-8(15)5-10(22)12(24)21-20-11(23)9-3-2-4-19-13(9)25-7-14(16,17)18/h2-6H,7H2,1H3,(H,20,23)(H,21,24). The molecule has 0 aliphatic rings. The molecule has 0 fully saturated rings. The van der Waals surface area contributed by atoms with E-state index in [1.54, 1.807) is 13.2 Å². The highest BCUT2D eigenvalue weighted by atomic mass is 79.9. The van der Waals surface area contributed by atoms with Gasteiger partial charge < -0.3 is 9.30 Å². The van der Waals surface area contributed by atoms with E-state index < -0.39 is 30.5 Å². The van der Waals surface area contributed by atoms with E-state index in [1.807, 2.05) is 0 Å². The molecule has 0 atom stereocenters. The molecular formula is C14H12BrF3N4O3. The zero-order valence-electron chi connectivity index (χ0n) is 12.7. The topological polar surface area (TPSA) is 85.3 Å². The largest absolute Gasteiger partial charge is 0.467 e. The number of halogens is 4. The predicted octanol–water partition coefficient (Wildman–Crippen LogP) is 2.20. The van der Waals surface area contributed by atoms with Crippen LogP contribution in [-0.4, -0.2) is 34.1 Å². The van der Waals surface area contributed by atoms with Gasteiger partial charge in [0.05, 0.1) is 0 Å². The zero-order valence-corrected chi connectivity index (χ0v) is 14.3. The highest BCUT2D eigenvalue weighted by Crippen LogP contribution is 2.20. The van der Waals surface area contributed by atoms with E-state index in [-0.39, 0.29) is 11.3 Å². The van der Waals surface area contributed by atoms with Crippen molar-refractivity contribution in [1.29, 1.82) is 0 Å². The molecule has 0 unspecified atom stereocenters. The second-order valence-electron chi connectivity index (χ2n) is 4.82. The van der Waals surface area contributed by atoms with Crippen LogP contribution in [0.15, 0.2) is 35.1 Å². The monoisotopic (exact) mass is 420 g/mol. The summed E-state index contributed by atoms with van der Waals surface area (Å²) in [7, 11) is 1.63. The number of ether oxygens (including phenoxy) is 1.